The van der Waals surface area contributed by atoms with Crippen LogP contribution < -0.4 is 5.32 Å². The standard InChI is InChI=1S/C14H21N3O/c1-10-3-6-13(16(10)2)14(18)17-11-4-5-12(17)9-15-8-7-11/h3,6,11-12,15H,4-5,7-9H2,1-2H3. The molecule has 3 rings (SSSR count). The van der Waals surface area contributed by atoms with E-state index in [1.54, 1.807) is 0 Å². The topological polar surface area (TPSA) is 37.3 Å². The second-order valence-electron chi connectivity index (χ2n) is 5.51. The quantitative estimate of drug-likeness (QED) is 0.812. The molecule has 1 amide bonds. The molecular weight excluding hydrogens is 226 g/mol. The summed E-state index contributed by atoms with van der Waals surface area (Å²) in [6.45, 7) is 4.03. The highest BCUT2D eigenvalue weighted by molar-refractivity contribution is 5.93. The van der Waals surface area contributed by atoms with Gasteiger partial charge in [0.15, 0.2) is 0 Å². The summed E-state index contributed by atoms with van der Waals surface area (Å²) in [5.41, 5.74) is 1.96. The van der Waals surface area contributed by atoms with Gasteiger partial charge in [-0.05, 0) is 44.9 Å². The molecule has 18 heavy (non-hydrogen) atoms. The monoisotopic (exact) mass is 247 g/mol. The van der Waals surface area contributed by atoms with E-state index in [1.165, 1.54) is 6.42 Å². The van der Waals surface area contributed by atoms with Crippen LogP contribution in [-0.4, -0.2) is 40.5 Å². The molecule has 2 fully saturated rings. The maximum atomic E-state index is 12.7. The van der Waals surface area contributed by atoms with Crippen LogP contribution in [0.15, 0.2) is 12.1 Å². The summed E-state index contributed by atoms with van der Waals surface area (Å²) in [5.74, 6) is 0.210. The number of carbonyl (C=O) groups is 1. The van der Waals surface area contributed by atoms with Crippen molar-refractivity contribution in [2.75, 3.05) is 13.1 Å². The van der Waals surface area contributed by atoms with E-state index in [2.05, 4.69) is 10.2 Å². The number of aryl methyl sites for hydroxylation is 1. The fourth-order valence-electron chi connectivity index (χ4n) is 3.27. The van der Waals surface area contributed by atoms with Gasteiger partial charge in [0.1, 0.15) is 5.69 Å². The smallest absolute Gasteiger partial charge is 0.271 e. The Bertz CT molecular complexity index is 452. The molecule has 0 saturated carbocycles. The summed E-state index contributed by atoms with van der Waals surface area (Å²) in [7, 11) is 1.97. The average molecular weight is 247 g/mol. The first-order valence-corrected chi connectivity index (χ1v) is 6.84. The Labute approximate surface area is 108 Å². The number of carbonyl (C=O) groups excluding carboxylic acids is 1. The van der Waals surface area contributed by atoms with E-state index in [0.29, 0.717) is 12.1 Å². The SMILES string of the molecule is Cc1ccc(C(=O)N2C3CCNCC2CC3)n1C. The number of hydrogen-bond donors (Lipinski definition) is 1. The molecule has 0 aromatic carbocycles. The van der Waals surface area contributed by atoms with Gasteiger partial charge in [0.2, 0.25) is 0 Å². The third-order valence-electron chi connectivity index (χ3n) is 4.48. The van der Waals surface area contributed by atoms with Crippen LogP contribution in [0.2, 0.25) is 0 Å². The summed E-state index contributed by atoms with van der Waals surface area (Å²) in [4.78, 5) is 14.9. The van der Waals surface area contributed by atoms with Gasteiger partial charge >= 0.3 is 0 Å². The molecule has 1 aromatic heterocycles. The summed E-state index contributed by atoms with van der Waals surface area (Å²) in [6.07, 6.45) is 3.40. The molecule has 2 saturated heterocycles. The third kappa shape index (κ3) is 1.75. The van der Waals surface area contributed by atoms with Crippen molar-refractivity contribution >= 4 is 5.91 Å². The van der Waals surface area contributed by atoms with E-state index in [4.69, 9.17) is 0 Å². The van der Waals surface area contributed by atoms with Crippen molar-refractivity contribution in [1.29, 1.82) is 0 Å². The predicted octanol–water partition coefficient (Wildman–Crippen LogP) is 1.30. The Morgan fingerprint density at radius 2 is 2.06 bits per heavy atom. The van der Waals surface area contributed by atoms with Gasteiger partial charge in [-0.25, -0.2) is 0 Å². The molecule has 0 spiro atoms. The van der Waals surface area contributed by atoms with Crippen LogP contribution in [0.3, 0.4) is 0 Å². The highest BCUT2D eigenvalue weighted by atomic mass is 16.2. The highest BCUT2D eigenvalue weighted by Gasteiger charge is 2.38. The molecule has 98 valence electrons. The molecule has 1 aromatic rings. The van der Waals surface area contributed by atoms with Crippen LogP contribution in [0.25, 0.3) is 0 Å². The zero-order valence-electron chi connectivity index (χ0n) is 11.1. The summed E-state index contributed by atoms with van der Waals surface area (Å²) >= 11 is 0. The molecule has 4 heteroatoms. The molecule has 0 radical (unpaired) electrons. The second-order valence-corrected chi connectivity index (χ2v) is 5.51. The molecule has 3 heterocycles. The maximum absolute atomic E-state index is 12.7. The summed E-state index contributed by atoms with van der Waals surface area (Å²) in [6, 6.07) is 4.80. The van der Waals surface area contributed by atoms with E-state index in [1.807, 2.05) is 30.7 Å². The van der Waals surface area contributed by atoms with Crippen molar-refractivity contribution in [1.82, 2.24) is 14.8 Å². The van der Waals surface area contributed by atoms with Gasteiger partial charge in [0.25, 0.3) is 5.91 Å². The van der Waals surface area contributed by atoms with Crippen LogP contribution in [0, 0.1) is 6.92 Å². The summed E-state index contributed by atoms with van der Waals surface area (Å²) in [5, 5.41) is 3.43. The minimum atomic E-state index is 0.210. The lowest BCUT2D eigenvalue weighted by molar-refractivity contribution is 0.0670. The third-order valence-corrected chi connectivity index (χ3v) is 4.48. The van der Waals surface area contributed by atoms with Crippen LogP contribution in [0.5, 0.6) is 0 Å². The Morgan fingerprint density at radius 1 is 1.28 bits per heavy atom. The molecule has 2 aliphatic rings. The Morgan fingerprint density at radius 3 is 2.78 bits per heavy atom. The van der Waals surface area contributed by atoms with Crippen LogP contribution in [-0.2, 0) is 7.05 Å². The average Bonchev–Trinajstić information content (AvgIpc) is 2.79. The van der Waals surface area contributed by atoms with E-state index in [0.717, 1.165) is 37.3 Å². The molecule has 0 aliphatic carbocycles. The van der Waals surface area contributed by atoms with Gasteiger partial charge in [0, 0.05) is 31.4 Å². The van der Waals surface area contributed by atoms with E-state index >= 15 is 0 Å². The number of nitrogens with one attached hydrogen (secondary N) is 1. The van der Waals surface area contributed by atoms with Gasteiger partial charge in [0.05, 0.1) is 0 Å². The van der Waals surface area contributed by atoms with E-state index in [9.17, 15) is 4.79 Å². The minimum absolute atomic E-state index is 0.210. The van der Waals surface area contributed by atoms with Gasteiger partial charge in [-0.2, -0.15) is 0 Å². The fraction of sp³-hybridized carbons (Fsp3) is 0.643. The number of amides is 1. The lowest BCUT2D eigenvalue weighted by Gasteiger charge is -2.28. The lowest BCUT2D eigenvalue weighted by Crippen LogP contribution is -2.43. The van der Waals surface area contributed by atoms with Crippen molar-refractivity contribution in [2.45, 2.75) is 38.3 Å². The Kier molecular flexibility index (Phi) is 2.90. The second kappa shape index (κ2) is 4.43. The number of aromatic nitrogens is 1. The Hall–Kier alpha value is -1.29. The first-order chi connectivity index (χ1) is 8.68. The van der Waals surface area contributed by atoms with Crippen LogP contribution in [0.1, 0.15) is 35.4 Å². The van der Waals surface area contributed by atoms with Crippen molar-refractivity contribution < 1.29 is 4.79 Å². The molecular formula is C14H21N3O. The minimum Gasteiger partial charge on any atom is -0.344 e. The van der Waals surface area contributed by atoms with Gasteiger partial charge in [-0.15, -0.1) is 0 Å². The molecule has 2 atom stereocenters. The van der Waals surface area contributed by atoms with Gasteiger partial charge in [-0.1, -0.05) is 0 Å². The van der Waals surface area contributed by atoms with Crippen molar-refractivity contribution in [3.8, 4) is 0 Å². The number of fused-ring (bicyclic) bond motifs is 2. The zero-order valence-corrected chi connectivity index (χ0v) is 11.1. The van der Waals surface area contributed by atoms with Gasteiger partial charge < -0.3 is 14.8 Å². The molecule has 2 unspecified atom stereocenters. The summed E-state index contributed by atoms with van der Waals surface area (Å²) < 4.78 is 2.00. The van der Waals surface area contributed by atoms with Crippen molar-refractivity contribution in [2.24, 2.45) is 7.05 Å². The van der Waals surface area contributed by atoms with E-state index < -0.39 is 0 Å². The van der Waals surface area contributed by atoms with E-state index in [-0.39, 0.29) is 5.91 Å². The zero-order chi connectivity index (χ0) is 12.7. The molecule has 2 bridgehead atoms. The lowest BCUT2D eigenvalue weighted by atomic mass is 10.1. The van der Waals surface area contributed by atoms with Crippen molar-refractivity contribution in [3.05, 3.63) is 23.5 Å². The number of hydrogen-bond acceptors (Lipinski definition) is 2. The number of nitrogens with zero attached hydrogens (tertiary/aromatic N) is 2. The molecule has 4 nitrogen and oxygen atoms in total. The van der Waals surface area contributed by atoms with Crippen LogP contribution >= 0.6 is 0 Å². The van der Waals surface area contributed by atoms with Gasteiger partial charge in [-0.3, -0.25) is 4.79 Å². The van der Waals surface area contributed by atoms with Crippen LogP contribution in [0.4, 0.5) is 0 Å². The normalized spacial score (nSPS) is 27.3. The van der Waals surface area contributed by atoms with Crippen molar-refractivity contribution in [3.63, 3.8) is 0 Å². The Balaban J connectivity index is 1.90. The largest absolute Gasteiger partial charge is 0.344 e. The highest BCUT2D eigenvalue weighted by Crippen LogP contribution is 2.29. The fourth-order valence-corrected chi connectivity index (χ4v) is 3.27. The molecule has 2 aliphatic heterocycles. The predicted molar refractivity (Wildman–Crippen MR) is 70.6 cm³/mol. The maximum Gasteiger partial charge on any atom is 0.271 e. The first kappa shape index (κ1) is 11.8. The molecule has 1 N–H and O–H groups in total. The first-order valence-electron chi connectivity index (χ1n) is 6.84. The number of rotatable bonds is 1.